The van der Waals surface area contributed by atoms with Crippen molar-refractivity contribution >= 4 is 5.78 Å². The Balaban J connectivity index is 1.93. The van der Waals surface area contributed by atoms with E-state index in [1.807, 2.05) is 44.3 Å². The first kappa shape index (κ1) is 13.2. The number of carbonyl (C=O) groups excluding carboxylic acids is 1. The Labute approximate surface area is 109 Å². The molecule has 0 amide bonds. The molecule has 2 unspecified atom stereocenters. The Kier molecular flexibility index (Phi) is 4.50. The number of hydrogen-bond acceptors (Lipinski definition) is 3. The molecule has 18 heavy (non-hydrogen) atoms. The number of Topliss-reactive ketones (excluding diaryl/α,β-unsaturated/α-hetero) is 1. The zero-order chi connectivity index (χ0) is 13.0. The predicted octanol–water partition coefficient (Wildman–Crippen LogP) is 2.37. The zero-order valence-electron chi connectivity index (χ0n) is 11.1. The minimum absolute atomic E-state index is 0.100. The highest BCUT2D eigenvalue weighted by Crippen LogP contribution is 2.15. The Morgan fingerprint density at radius 2 is 2.17 bits per heavy atom. The summed E-state index contributed by atoms with van der Waals surface area (Å²) >= 11 is 0. The van der Waals surface area contributed by atoms with Gasteiger partial charge in [-0.2, -0.15) is 0 Å². The standard InChI is InChI=1S/C15H21NO2/c1-12(15(17)13-7-4-3-5-8-13)16(2)11-14-9-6-10-18-14/h3-5,7-8,12,14H,6,9-11H2,1-2H3. The van der Waals surface area contributed by atoms with E-state index in [1.165, 1.54) is 0 Å². The summed E-state index contributed by atoms with van der Waals surface area (Å²) in [4.78, 5) is 14.4. The van der Waals surface area contributed by atoms with Gasteiger partial charge in [0.2, 0.25) is 0 Å². The Hall–Kier alpha value is -1.19. The van der Waals surface area contributed by atoms with Gasteiger partial charge in [-0.05, 0) is 26.8 Å². The third-order valence-corrected chi connectivity index (χ3v) is 3.61. The highest BCUT2D eigenvalue weighted by molar-refractivity contribution is 5.99. The van der Waals surface area contributed by atoms with Gasteiger partial charge in [0.1, 0.15) is 0 Å². The van der Waals surface area contributed by atoms with E-state index in [2.05, 4.69) is 4.90 Å². The topological polar surface area (TPSA) is 29.5 Å². The molecule has 2 rings (SSSR count). The highest BCUT2D eigenvalue weighted by atomic mass is 16.5. The average molecular weight is 247 g/mol. The molecule has 3 heteroatoms. The van der Waals surface area contributed by atoms with Crippen LogP contribution in [0.5, 0.6) is 0 Å². The van der Waals surface area contributed by atoms with Crippen molar-refractivity contribution in [3.8, 4) is 0 Å². The summed E-state index contributed by atoms with van der Waals surface area (Å²) < 4.78 is 5.61. The van der Waals surface area contributed by atoms with Crippen LogP contribution in [-0.2, 0) is 4.74 Å². The van der Waals surface area contributed by atoms with Crippen molar-refractivity contribution in [3.05, 3.63) is 35.9 Å². The van der Waals surface area contributed by atoms with Crippen molar-refractivity contribution < 1.29 is 9.53 Å². The molecule has 2 atom stereocenters. The number of nitrogens with zero attached hydrogens (tertiary/aromatic N) is 1. The van der Waals surface area contributed by atoms with E-state index in [-0.39, 0.29) is 11.8 Å². The highest BCUT2D eigenvalue weighted by Gasteiger charge is 2.24. The molecule has 0 aliphatic carbocycles. The molecule has 0 aromatic heterocycles. The zero-order valence-corrected chi connectivity index (χ0v) is 11.1. The van der Waals surface area contributed by atoms with Crippen LogP contribution in [0.15, 0.2) is 30.3 Å². The van der Waals surface area contributed by atoms with Crippen LogP contribution in [0, 0.1) is 0 Å². The molecule has 1 heterocycles. The fourth-order valence-corrected chi connectivity index (χ4v) is 2.31. The van der Waals surface area contributed by atoms with Crippen LogP contribution in [0.1, 0.15) is 30.1 Å². The second kappa shape index (κ2) is 6.12. The summed E-state index contributed by atoms with van der Waals surface area (Å²) in [6, 6.07) is 9.38. The number of likely N-dealkylation sites (N-methyl/N-ethyl adjacent to an activating group) is 1. The number of benzene rings is 1. The molecular formula is C15H21NO2. The normalized spacial score (nSPS) is 21.2. The van der Waals surface area contributed by atoms with E-state index >= 15 is 0 Å². The number of ketones is 1. The lowest BCUT2D eigenvalue weighted by Gasteiger charge is -2.26. The lowest BCUT2D eigenvalue weighted by Crippen LogP contribution is -2.40. The van der Waals surface area contributed by atoms with Gasteiger partial charge in [0.05, 0.1) is 12.1 Å². The summed E-state index contributed by atoms with van der Waals surface area (Å²) in [7, 11) is 1.99. The van der Waals surface area contributed by atoms with Crippen molar-refractivity contribution in [2.45, 2.75) is 31.9 Å². The van der Waals surface area contributed by atoms with Crippen molar-refractivity contribution in [2.75, 3.05) is 20.2 Å². The molecule has 1 fully saturated rings. The third kappa shape index (κ3) is 3.18. The Morgan fingerprint density at radius 1 is 1.44 bits per heavy atom. The maximum absolute atomic E-state index is 12.3. The summed E-state index contributed by atoms with van der Waals surface area (Å²) in [6.07, 6.45) is 2.54. The van der Waals surface area contributed by atoms with Gasteiger partial charge in [-0.1, -0.05) is 30.3 Å². The van der Waals surface area contributed by atoms with Crippen LogP contribution < -0.4 is 0 Å². The fourth-order valence-electron chi connectivity index (χ4n) is 2.31. The average Bonchev–Trinajstić information content (AvgIpc) is 2.91. The van der Waals surface area contributed by atoms with E-state index in [9.17, 15) is 4.79 Å². The van der Waals surface area contributed by atoms with Crippen LogP contribution >= 0.6 is 0 Å². The van der Waals surface area contributed by atoms with Crippen molar-refractivity contribution in [3.63, 3.8) is 0 Å². The van der Waals surface area contributed by atoms with Crippen LogP contribution in [0.2, 0.25) is 0 Å². The molecule has 1 aliphatic heterocycles. The molecule has 3 nitrogen and oxygen atoms in total. The second-order valence-corrected chi connectivity index (χ2v) is 4.98. The summed E-state index contributed by atoms with van der Waals surface area (Å²) in [5.41, 5.74) is 0.782. The minimum Gasteiger partial charge on any atom is -0.377 e. The molecule has 1 saturated heterocycles. The molecule has 0 saturated carbocycles. The number of ether oxygens (including phenoxy) is 1. The first-order chi connectivity index (χ1) is 8.68. The maximum Gasteiger partial charge on any atom is 0.179 e. The Bertz CT molecular complexity index is 385. The van der Waals surface area contributed by atoms with Crippen LogP contribution in [0.3, 0.4) is 0 Å². The van der Waals surface area contributed by atoms with Gasteiger partial charge in [0.25, 0.3) is 0 Å². The third-order valence-electron chi connectivity index (χ3n) is 3.61. The van der Waals surface area contributed by atoms with E-state index < -0.39 is 0 Å². The molecule has 0 radical (unpaired) electrons. The SMILES string of the molecule is CC(C(=O)c1ccccc1)N(C)CC1CCCO1. The molecular weight excluding hydrogens is 226 g/mol. The van der Waals surface area contributed by atoms with Crippen molar-refractivity contribution in [2.24, 2.45) is 0 Å². The number of carbonyl (C=O) groups is 1. The summed E-state index contributed by atoms with van der Waals surface area (Å²) in [5, 5.41) is 0. The lowest BCUT2D eigenvalue weighted by atomic mass is 10.0. The van der Waals surface area contributed by atoms with E-state index in [0.29, 0.717) is 6.10 Å². The van der Waals surface area contributed by atoms with Gasteiger partial charge < -0.3 is 4.74 Å². The number of rotatable bonds is 5. The van der Waals surface area contributed by atoms with Gasteiger partial charge in [-0.3, -0.25) is 9.69 Å². The minimum atomic E-state index is -0.100. The molecule has 1 aromatic carbocycles. The van der Waals surface area contributed by atoms with Gasteiger partial charge in [0, 0.05) is 18.7 Å². The lowest BCUT2D eigenvalue weighted by molar-refractivity contribution is 0.0620. The summed E-state index contributed by atoms with van der Waals surface area (Å²) in [6.45, 7) is 3.66. The molecule has 1 aromatic rings. The van der Waals surface area contributed by atoms with Crippen molar-refractivity contribution in [1.29, 1.82) is 0 Å². The van der Waals surface area contributed by atoms with Gasteiger partial charge in [-0.15, -0.1) is 0 Å². The van der Waals surface area contributed by atoms with Gasteiger partial charge in [0.15, 0.2) is 5.78 Å². The molecule has 1 aliphatic rings. The molecule has 0 N–H and O–H groups in total. The van der Waals surface area contributed by atoms with Crippen LogP contribution in [-0.4, -0.2) is 43.0 Å². The van der Waals surface area contributed by atoms with E-state index in [1.54, 1.807) is 0 Å². The molecule has 0 spiro atoms. The maximum atomic E-state index is 12.3. The van der Waals surface area contributed by atoms with Gasteiger partial charge >= 0.3 is 0 Å². The van der Waals surface area contributed by atoms with Crippen molar-refractivity contribution in [1.82, 2.24) is 4.90 Å². The monoisotopic (exact) mass is 247 g/mol. The van der Waals surface area contributed by atoms with Gasteiger partial charge in [-0.25, -0.2) is 0 Å². The second-order valence-electron chi connectivity index (χ2n) is 4.98. The number of hydrogen-bond donors (Lipinski definition) is 0. The first-order valence-electron chi connectivity index (χ1n) is 6.59. The predicted molar refractivity (Wildman–Crippen MR) is 71.8 cm³/mol. The largest absolute Gasteiger partial charge is 0.377 e. The smallest absolute Gasteiger partial charge is 0.179 e. The molecule has 98 valence electrons. The van der Waals surface area contributed by atoms with Crippen LogP contribution in [0.4, 0.5) is 0 Å². The summed E-state index contributed by atoms with van der Waals surface area (Å²) in [5.74, 6) is 0.177. The first-order valence-corrected chi connectivity index (χ1v) is 6.59. The van der Waals surface area contributed by atoms with Crippen LogP contribution in [0.25, 0.3) is 0 Å². The fraction of sp³-hybridized carbons (Fsp3) is 0.533. The van der Waals surface area contributed by atoms with E-state index in [4.69, 9.17) is 4.74 Å². The Morgan fingerprint density at radius 3 is 2.78 bits per heavy atom. The van der Waals surface area contributed by atoms with E-state index in [0.717, 1.165) is 31.6 Å². The quantitative estimate of drug-likeness (QED) is 0.748. The molecule has 0 bridgehead atoms.